The van der Waals surface area contributed by atoms with Crippen molar-refractivity contribution in [1.82, 2.24) is 19.6 Å². The van der Waals surface area contributed by atoms with E-state index in [9.17, 15) is 4.39 Å². The Labute approximate surface area is 215 Å². The molecule has 1 aliphatic rings. The Morgan fingerprint density at radius 2 is 1.92 bits per heavy atom. The molecule has 0 radical (unpaired) electrons. The van der Waals surface area contributed by atoms with Crippen molar-refractivity contribution in [3.63, 3.8) is 0 Å². The number of nitrogens with zero attached hydrogens (tertiary/aromatic N) is 5. The van der Waals surface area contributed by atoms with Crippen LogP contribution < -0.4 is 11.1 Å². The molecule has 2 atom stereocenters. The third kappa shape index (κ3) is 5.56. The second-order valence-electron chi connectivity index (χ2n) is 9.57. The van der Waals surface area contributed by atoms with E-state index in [0.717, 1.165) is 54.7 Å². The highest BCUT2D eigenvalue weighted by molar-refractivity contribution is 5.68. The van der Waals surface area contributed by atoms with Crippen LogP contribution in [-0.2, 0) is 6.54 Å². The van der Waals surface area contributed by atoms with Gasteiger partial charge in [0, 0.05) is 36.0 Å². The molecule has 4 aromatic rings. The lowest BCUT2D eigenvalue weighted by Gasteiger charge is -2.26. The van der Waals surface area contributed by atoms with Crippen LogP contribution in [0, 0.1) is 23.1 Å². The predicted molar refractivity (Wildman–Crippen MR) is 140 cm³/mol. The van der Waals surface area contributed by atoms with E-state index in [-0.39, 0.29) is 18.2 Å². The van der Waals surface area contributed by atoms with Crippen LogP contribution in [0.3, 0.4) is 0 Å². The van der Waals surface area contributed by atoms with Crippen molar-refractivity contribution in [1.29, 1.82) is 5.26 Å². The first-order chi connectivity index (χ1) is 18.0. The Kier molecular flexibility index (Phi) is 7.30. The molecule has 0 bridgehead atoms. The van der Waals surface area contributed by atoms with Gasteiger partial charge in [-0.2, -0.15) is 10.4 Å². The topological polar surface area (TPSA) is 118 Å². The summed E-state index contributed by atoms with van der Waals surface area (Å²) in [6, 6.07) is 16.5. The summed E-state index contributed by atoms with van der Waals surface area (Å²) >= 11 is 0. The molecule has 2 aromatic carbocycles. The zero-order valence-corrected chi connectivity index (χ0v) is 20.5. The van der Waals surface area contributed by atoms with Crippen molar-refractivity contribution in [3.8, 4) is 34.1 Å². The van der Waals surface area contributed by atoms with Crippen LogP contribution in [-0.4, -0.2) is 43.9 Å². The number of hydrogen-bond acceptors (Lipinski definition) is 6. The molecule has 5 rings (SSSR count). The summed E-state index contributed by atoms with van der Waals surface area (Å²) in [7, 11) is 0. The van der Waals surface area contributed by atoms with Crippen LogP contribution in [0.1, 0.15) is 31.2 Å². The smallest absolute Gasteiger partial charge is 0.149 e. The van der Waals surface area contributed by atoms with E-state index in [4.69, 9.17) is 21.2 Å². The van der Waals surface area contributed by atoms with Crippen molar-refractivity contribution in [2.45, 2.75) is 38.3 Å². The first-order valence-electron chi connectivity index (χ1n) is 12.6. The fourth-order valence-electron chi connectivity index (χ4n) is 4.93. The van der Waals surface area contributed by atoms with Crippen LogP contribution in [0.4, 0.5) is 10.2 Å². The molecule has 1 unspecified atom stereocenters. The van der Waals surface area contributed by atoms with Gasteiger partial charge in [0.05, 0.1) is 36.3 Å². The Morgan fingerprint density at radius 3 is 2.65 bits per heavy atom. The summed E-state index contributed by atoms with van der Waals surface area (Å²) in [6.07, 6.45) is 8.02. The largest absolute Gasteiger partial charge is 0.394 e. The number of nitrogens with one attached hydrogen (secondary N) is 1. The molecule has 1 aliphatic carbocycles. The first-order valence-corrected chi connectivity index (χ1v) is 12.6. The Morgan fingerprint density at radius 1 is 1.11 bits per heavy atom. The number of nitrogens with two attached hydrogens (primary N) is 1. The standard InChI is InChI=1S/C28H30FN7O/c29-26-13-21(4-5-22(26)15-30)27-14-28(32-16-19-2-1-3-24(31)12-19)34-36(27)25-8-6-20(7-9-25)23-17-33-35(18-23)10-11-37/h4-9,13-14,17-19,24,37H,1-3,10-12,16,31H2,(H,32,34)/t19?,24-/m0/s1. The predicted octanol–water partition coefficient (Wildman–Crippen LogP) is 4.34. The second-order valence-corrected chi connectivity index (χ2v) is 9.57. The average molecular weight is 500 g/mol. The number of benzene rings is 2. The maximum Gasteiger partial charge on any atom is 0.149 e. The number of aliphatic hydroxyl groups is 1. The third-order valence-corrected chi connectivity index (χ3v) is 6.90. The molecule has 0 spiro atoms. The maximum atomic E-state index is 14.5. The summed E-state index contributed by atoms with van der Waals surface area (Å²) < 4.78 is 18.0. The van der Waals surface area contributed by atoms with Gasteiger partial charge in [-0.1, -0.05) is 24.6 Å². The third-order valence-electron chi connectivity index (χ3n) is 6.90. The van der Waals surface area contributed by atoms with Gasteiger partial charge >= 0.3 is 0 Å². The molecule has 0 saturated heterocycles. The normalized spacial score (nSPS) is 17.5. The SMILES string of the molecule is N#Cc1ccc(-c2cc(NCC3CCC[C@H](N)C3)nn2-c2ccc(-c3cnn(CCO)c3)cc2)cc1F. The number of aromatic nitrogens is 4. The van der Waals surface area contributed by atoms with E-state index in [1.165, 1.54) is 12.1 Å². The highest BCUT2D eigenvalue weighted by Gasteiger charge is 2.20. The molecule has 1 fully saturated rings. The molecule has 190 valence electrons. The lowest BCUT2D eigenvalue weighted by Crippen LogP contribution is -2.31. The minimum Gasteiger partial charge on any atom is -0.394 e. The van der Waals surface area contributed by atoms with E-state index in [2.05, 4.69) is 10.4 Å². The molecule has 37 heavy (non-hydrogen) atoms. The molecular formula is C28H30FN7O. The van der Waals surface area contributed by atoms with Crippen molar-refractivity contribution in [2.24, 2.45) is 11.7 Å². The van der Waals surface area contributed by atoms with Crippen LogP contribution in [0.15, 0.2) is 60.9 Å². The zero-order valence-electron chi connectivity index (χ0n) is 20.5. The lowest BCUT2D eigenvalue weighted by molar-refractivity contribution is 0.269. The van der Waals surface area contributed by atoms with E-state index < -0.39 is 5.82 Å². The molecule has 9 heteroatoms. The quantitative estimate of drug-likeness (QED) is 0.332. The second kappa shape index (κ2) is 10.9. The van der Waals surface area contributed by atoms with Crippen molar-refractivity contribution >= 4 is 5.82 Å². The van der Waals surface area contributed by atoms with Crippen molar-refractivity contribution < 1.29 is 9.50 Å². The van der Waals surface area contributed by atoms with Crippen molar-refractivity contribution in [2.75, 3.05) is 18.5 Å². The molecular weight excluding hydrogens is 469 g/mol. The number of nitriles is 1. The van der Waals surface area contributed by atoms with Gasteiger partial charge in [0.2, 0.25) is 0 Å². The summed E-state index contributed by atoms with van der Waals surface area (Å²) in [4.78, 5) is 0. The molecule has 8 nitrogen and oxygen atoms in total. The van der Waals surface area contributed by atoms with Crippen LogP contribution >= 0.6 is 0 Å². The summed E-state index contributed by atoms with van der Waals surface area (Å²) in [6.45, 7) is 1.25. The zero-order chi connectivity index (χ0) is 25.8. The van der Waals surface area contributed by atoms with Crippen LogP contribution in [0.5, 0.6) is 0 Å². The van der Waals surface area contributed by atoms with Gasteiger partial charge in [0.15, 0.2) is 0 Å². The Bertz CT molecular complexity index is 1400. The van der Waals surface area contributed by atoms with Gasteiger partial charge in [-0.15, -0.1) is 5.10 Å². The van der Waals surface area contributed by atoms with Gasteiger partial charge in [0.25, 0.3) is 0 Å². The average Bonchev–Trinajstić information content (AvgIpc) is 3.55. The minimum absolute atomic E-state index is 0.00731. The molecule has 1 saturated carbocycles. The number of anilines is 1. The van der Waals surface area contributed by atoms with Gasteiger partial charge in [-0.25, -0.2) is 9.07 Å². The van der Waals surface area contributed by atoms with Gasteiger partial charge in [-0.3, -0.25) is 4.68 Å². The van der Waals surface area contributed by atoms with E-state index in [0.29, 0.717) is 23.8 Å². The van der Waals surface area contributed by atoms with E-state index in [1.807, 2.05) is 42.6 Å². The molecule has 4 N–H and O–H groups in total. The van der Waals surface area contributed by atoms with E-state index in [1.54, 1.807) is 21.6 Å². The number of halogens is 1. The van der Waals surface area contributed by atoms with Gasteiger partial charge < -0.3 is 16.2 Å². The monoisotopic (exact) mass is 499 g/mol. The summed E-state index contributed by atoms with van der Waals surface area (Å²) in [5, 5.41) is 30.8. The fourth-order valence-corrected chi connectivity index (χ4v) is 4.93. The molecule has 2 aromatic heterocycles. The lowest BCUT2D eigenvalue weighted by atomic mass is 9.86. The maximum absolute atomic E-state index is 14.5. The minimum atomic E-state index is -0.561. The highest BCUT2D eigenvalue weighted by Crippen LogP contribution is 2.30. The first kappa shape index (κ1) is 24.7. The van der Waals surface area contributed by atoms with Crippen LogP contribution in [0.2, 0.25) is 0 Å². The highest BCUT2D eigenvalue weighted by atomic mass is 19.1. The summed E-state index contributed by atoms with van der Waals surface area (Å²) in [5.41, 5.74) is 10.3. The molecule has 0 amide bonds. The number of hydrogen-bond donors (Lipinski definition) is 3. The van der Waals surface area contributed by atoms with Crippen molar-refractivity contribution in [3.05, 3.63) is 72.3 Å². The fraction of sp³-hybridized carbons (Fsp3) is 0.321. The number of rotatable bonds is 8. The molecule has 2 heterocycles. The molecule has 0 aliphatic heterocycles. The van der Waals surface area contributed by atoms with Gasteiger partial charge in [-0.05, 0) is 55.0 Å². The summed E-state index contributed by atoms with van der Waals surface area (Å²) in [5.74, 6) is 0.637. The van der Waals surface area contributed by atoms with Gasteiger partial charge in [0.1, 0.15) is 17.7 Å². The number of aliphatic hydroxyl groups excluding tert-OH is 1. The Hall–Kier alpha value is -4.00. The van der Waals surface area contributed by atoms with E-state index >= 15 is 0 Å². The van der Waals surface area contributed by atoms with Crippen LogP contribution in [0.25, 0.3) is 28.1 Å². The Balaban J connectivity index is 1.45.